The van der Waals surface area contributed by atoms with Crippen LogP contribution in [0.25, 0.3) is 22.0 Å². The van der Waals surface area contributed by atoms with Crippen LogP contribution in [0.2, 0.25) is 18.1 Å². The molecule has 0 aliphatic heterocycles. The first-order valence-corrected chi connectivity index (χ1v) is 20.8. The van der Waals surface area contributed by atoms with Crippen molar-refractivity contribution >= 4 is 31.0 Å². The fraction of sp³-hybridized carbons (Fsp3) is 0.333. The van der Waals surface area contributed by atoms with Gasteiger partial charge >= 0.3 is 6.09 Å². The van der Waals surface area contributed by atoms with E-state index in [9.17, 15) is 19.8 Å². The Bertz CT molecular complexity index is 2010. The lowest BCUT2D eigenvalue weighted by Gasteiger charge is -2.39. The third kappa shape index (κ3) is 10.1. The van der Waals surface area contributed by atoms with E-state index in [0.717, 1.165) is 65.6 Å². The fourth-order valence-electron chi connectivity index (χ4n) is 5.95. The highest BCUT2D eigenvalue weighted by Crippen LogP contribution is 2.41. The number of ether oxygens (including phenoxy) is 1. The lowest BCUT2D eigenvalue weighted by atomic mass is 9.98. The molecule has 0 aliphatic rings. The van der Waals surface area contributed by atoms with Crippen LogP contribution in [-0.2, 0) is 17.3 Å². The number of pyridine rings is 1. The smallest absolute Gasteiger partial charge is 0.409 e. The number of phenols is 1. The predicted octanol–water partition coefficient (Wildman–Crippen LogP) is 9.29. The van der Waals surface area contributed by atoms with Crippen molar-refractivity contribution in [3.63, 3.8) is 0 Å². The first-order chi connectivity index (χ1) is 24.8. The lowest BCUT2D eigenvalue weighted by Crippen LogP contribution is -2.43. The molecule has 0 fully saturated rings. The molecular weight excluding hydrogens is 671 g/mol. The SMILES string of the molecule is CC(C)(C)[Si](C)(C)OC(CNCCc1ccc(OCCCCc2ccc(NC(=O)O)c(-c3ccccc3)c2)cc1)c1ccc(O)c2[nH]c(=O)ccc12. The number of hydrogen-bond acceptors (Lipinski definition) is 6. The zero-order valence-electron chi connectivity index (χ0n) is 30.8. The van der Waals surface area contributed by atoms with Crippen molar-refractivity contribution in [3.05, 3.63) is 124 Å². The highest BCUT2D eigenvalue weighted by Gasteiger charge is 2.39. The molecule has 0 bridgehead atoms. The molecule has 1 aromatic heterocycles. The summed E-state index contributed by atoms with van der Waals surface area (Å²) >= 11 is 0. The molecule has 0 spiro atoms. The van der Waals surface area contributed by atoms with Gasteiger partial charge in [0.2, 0.25) is 5.56 Å². The largest absolute Gasteiger partial charge is 0.506 e. The van der Waals surface area contributed by atoms with Gasteiger partial charge in [-0.1, -0.05) is 75.4 Å². The molecule has 1 atom stereocenters. The van der Waals surface area contributed by atoms with Crippen molar-refractivity contribution in [2.24, 2.45) is 0 Å². The van der Waals surface area contributed by atoms with E-state index in [1.54, 1.807) is 12.1 Å². The Labute approximate surface area is 307 Å². The Morgan fingerprint density at radius 1 is 0.885 bits per heavy atom. The number of nitrogens with one attached hydrogen (secondary N) is 3. The van der Waals surface area contributed by atoms with E-state index in [4.69, 9.17) is 9.16 Å². The number of aromatic amines is 1. The van der Waals surface area contributed by atoms with Crippen LogP contribution in [0.15, 0.2) is 102 Å². The monoisotopic (exact) mass is 721 g/mol. The van der Waals surface area contributed by atoms with Crippen LogP contribution in [0.5, 0.6) is 11.5 Å². The third-order valence-electron chi connectivity index (χ3n) is 9.88. The van der Waals surface area contributed by atoms with E-state index in [-0.39, 0.29) is 22.5 Å². The van der Waals surface area contributed by atoms with Crippen LogP contribution < -0.4 is 20.9 Å². The number of aryl methyl sites for hydroxylation is 1. The topological polar surface area (TPSA) is 133 Å². The van der Waals surface area contributed by atoms with Crippen LogP contribution in [0, 0.1) is 0 Å². The number of anilines is 1. The van der Waals surface area contributed by atoms with Crippen molar-refractivity contribution in [1.82, 2.24) is 10.3 Å². The Balaban J connectivity index is 1.11. The first-order valence-electron chi connectivity index (χ1n) is 17.9. The van der Waals surface area contributed by atoms with Crippen molar-refractivity contribution in [3.8, 4) is 22.6 Å². The van der Waals surface area contributed by atoms with Gasteiger partial charge in [0, 0.05) is 23.6 Å². The first kappa shape index (κ1) is 38.3. The van der Waals surface area contributed by atoms with Gasteiger partial charge in [-0.05, 0) is 109 Å². The summed E-state index contributed by atoms with van der Waals surface area (Å²) in [5, 5.41) is 26.6. The molecule has 1 unspecified atom stereocenters. The maximum Gasteiger partial charge on any atom is 0.409 e. The molecule has 0 radical (unpaired) electrons. The van der Waals surface area contributed by atoms with Gasteiger partial charge in [-0.25, -0.2) is 4.79 Å². The predicted molar refractivity (Wildman–Crippen MR) is 212 cm³/mol. The molecular formula is C42H51N3O6Si. The van der Waals surface area contributed by atoms with Gasteiger partial charge in [0.05, 0.1) is 23.9 Å². The number of phenolic OH excluding ortho intramolecular Hbond substituents is 1. The second kappa shape index (κ2) is 17.1. The van der Waals surface area contributed by atoms with E-state index < -0.39 is 14.4 Å². The second-order valence-electron chi connectivity index (χ2n) is 14.7. The summed E-state index contributed by atoms with van der Waals surface area (Å²) in [6.45, 7) is 13.1. The van der Waals surface area contributed by atoms with E-state index in [0.29, 0.717) is 24.4 Å². The molecule has 1 heterocycles. The van der Waals surface area contributed by atoms with E-state index in [1.165, 1.54) is 11.6 Å². The third-order valence-corrected chi connectivity index (χ3v) is 14.4. The van der Waals surface area contributed by atoms with Crippen molar-refractivity contribution in [2.75, 3.05) is 25.0 Å². The van der Waals surface area contributed by atoms with Gasteiger partial charge in [0.1, 0.15) is 11.5 Å². The summed E-state index contributed by atoms with van der Waals surface area (Å²) in [5.74, 6) is 0.882. The molecule has 10 heteroatoms. The Hall–Kier alpha value is -4.90. The number of rotatable bonds is 16. The number of unbranched alkanes of at least 4 members (excludes halogenated alkanes) is 1. The zero-order valence-corrected chi connectivity index (χ0v) is 31.8. The van der Waals surface area contributed by atoms with Crippen molar-refractivity contribution in [2.45, 2.75) is 70.7 Å². The standard InChI is InChI=1S/C42H51N3O6Si/c1-42(2,3)52(4,5)51-38(33-19-22-37(46)40-34(33)20-23-39(47)45-40)28-43-25-24-29-14-17-32(18-15-29)50-26-10-9-11-30-16-21-36(44-41(48)49)35(27-30)31-12-7-6-8-13-31/h6-8,12-23,27,38,43-44,46H,9-11,24-26,28H2,1-5H3,(H,45,47)(H,48,49). The molecule has 0 saturated carbocycles. The maximum atomic E-state index is 12.0. The minimum Gasteiger partial charge on any atom is -0.506 e. The van der Waals surface area contributed by atoms with Crippen molar-refractivity contribution in [1.29, 1.82) is 0 Å². The summed E-state index contributed by atoms with van der Waals surface area (Å²) < 4.78 is 13.0. The maximum absolute atomic E-state index is 12.0. The normalized spacial score (nSPS) is 12.5. The van der Waals surface area contributed by atoms with E-state index in [1.807, 2.05) is 60.7 Å². The molecule has 1 amide bonds. The minimum absolute atomic E-state index is 0.0115. The molecule has 9 nitrogen and oxygen atoms in total. The lowest BCUT2D eigenvalue weighted by molar-refractivity contribution is 0.182. The number of carboxylic acid groups (broad SMARTS) is 1. The van der Waals surface area contributed by atoms with E-state index >= 15 is 0 Å². The molecule has 0 aliphatic carbocycles. The van der Waals surface area contributed by atoms with Crippen molar-refractivity contribution < 1.29 is 24.2 Å². The minimum atomic E-state index is -2.16. The fourth-order valence-corrected chi connectivity index (χ4v) is 7.23. The zero-order chi connectivity index (χ0) is 37.3. The molecule has 274 valence electrons. The number of carbonyl (C=O) groups is 1. The quantitative estimate of drug-likeness (QED) is 0.0507. The van der Waals surface area contributed by atoms with Crippen LogP contribution in [-0.4, -0.2) is 49.3 Å². The average Bonchev–Trinajstić information content (AvgIpc) is 3.10. The van der Waals surface area contributed by atoms with Gasteiger partial charge in [0.15, 0.2) is 8.32 Å². The summed E-state index contributed by atoms with van der Waals surface area (Å²) in [7, 11) is -2.16. The van der Waals surface area contributed by atoms with Crippen LogP contribution >= 0.6 is 0 Å². The summed E-state index contributed by atoms with van der Waals surface area (Å²) in [4.78, 5) is 26.1. The number of hydrogen-bond donors (Lipinski definition) is 5. The van der Waals surface area contributed by atoms with Gasteiger partial charge in [-0.3, -0.25) is 10.1 Å². The number of benzene rings is 4. The molecule has 4 aromatic carbocycles. The number of aromatic nitrogens is 1. The van der Waals surface area contributed by atoms with Crippen LogP contribution in [0.1, 0.15) is 56.4 Å². The molecule has 0 saturated heterocycles. The van der Waals surface area contributed by atoms with E-state index in [2.05, 4.69) is 67.7 Å². The summed E-state index contributed by atoms with van der Waals surface area (Å²) in [6.07, 6.45) is 2.21. The molecule has 5 rings (SSSR count). The Morgan fingerprint density at radius 2 is 1.62 bits per heavy atom. The van der Waals surface area contributed by atoms with Gasteiger partial charge in [0.25, 0.3) is 0 Å². The highest BCUT2D eigenvalue weighted by molar-refractivity contribution is 6.74. The second-order valence-corrected chi connectivity index (χ2v) is 19.5. The number of aromatic hydroxyl groups is 1. The summed E-state index contributed by atoms with van der Waals surface area (Å²) in [5.41, 5.74) is 5.87. The molecule has 52 heavy (non-hydrogen) atoms. The van der Waals surface area contributed by atoms with Gasteiger partial charge in [-0.15, -0.1) is 0 Å². The Morgan fingerprint density at radius 3 is 2.33 bits per heavy atom. The average molecular weight is 722 g/mol. The van der Waals surface area contributed by atoms with Gasteiger partial charge < -0.3 is 29.7 Å². The van der Waals surface area contributed by atoms with Gasteiger partial charge in [-0.2, -0.15) is 0 Å². The highest BCUT2D eigenvalue weighted by atomic mass is 28.4. The molecule has 5 aromatic rings. The Kier molecular flexibility index (Phi) is 12.6. The summed E-state index contributed by atoms with van der Waals surface area (Å²) in [6, 6.07) is 30.7. The molecule has 5 N–H and O–H groups in total. The van der Waals surface area contributed by atoms with Crippen LogP contribution in [0.4, 0.5) is 10.5 Å². The van der Waals surface area contributed by atoms with Crippen LogP contribution in [0.3, 0.4) is 0 Å². The number of fused-ring (bicyclic) bond motifs is 1. The number of amides is 1. The number of H-pyrrole nitrogens is 1.